The molecule has 0 fully saturated rings. The highest BCUT2D eigenvalue weighted by atomic mass is 127. The van der Waals surface area contributed by atoms with Crippen LogP contribution in [0.5, 0.6) is 5.75 Å². The van der Waals surface area contributed by atoms with Crippen molar-refractivity contribution in [1.29, 1.82) is 0 Å². The Morgan fingerprint density at radius 3 is 2.46 bits per heavy atom. The van der Waals surface area contributed by atoms with Crippen LogP contribution < -0.4 is 4.74 Å². The van der Waals surface area contributed by atoms with Crippen molar-refractivity contribution in [3.63, 3.8) is 0 Å². The molecular formula is C7H7IO4S. The zero-order valence-electron chi connectivity index (χ0n) is 6.69. The van der Waals surface area contributed by atoms with Gasteiger partial charge in [0.1, 0.15) is 10.6 Å². The first-order chi connectivity index (χ1) is 5.96. The first-order valence-corrected chi connectivity index (χ1v) is 5.78. The summed E-state index contributed by atoms with van der Waals surface area (Å²) in [6, 6.07) is 4.70. The van der Waals surface area contributed by atoms with E-state index in [4.69, 9.17) is 9.29 Å². The Labute approximate surface area is 89.8 Å². The summed E-state index contributed by atoms with van der Waals surface area (Å²) < 4.78 is 35.9. The van der Waals surface area contributed by atoms with Gasteiger partial charge >= 0.3 is 0 Å². The molecule has 72 valence electrons. The van der Waals surface area contributed by atoms with E-state index in [-0.39, 0.29) is 10.6 Å². The largest absolute Gasteiger partial charge is 0.495 e. The molecule has 0 spiro atoms. The maximum absolute atomic E-state index is 10.9. The second-order valence-corrected chi connectivity index (χ2v) is 4.77. The standard InChI is InChI=1S/C7H7IO4S/c1-12-6-4-2-3-5(8)7(6)13(9,10)11/h2-4H,1H3,(H,9,10,11). The lowest BCUT2D eigenvalue weighted by atomic mass is 10.3. The van der Waals surface area contributed by atoms with Gasteiger partial charge in [-0.05, 0) is 34.7 Å². The van der Waals surface area contributed by atoms with Crippen LogP contribution in [0.15, 0.2) is 23.1 Å². The molecule has 1 aromatic rings. The molecule has 6 heteroatoms. The van der Waals surface area contributed by atoms with Crippen molar-refractivity contribution in [1.82, 2.24) is 0 Å². The minimum Gasteiger partial charge on any atom is -0.495 e. The summed E-state index contributed by atoms with van der Waals surface area (Å²) in [4.78, 5) is -0.182. The predicted molar refractivity (Wildman–Crippen MR) is 55.5 cm³/mol. The van der Waals surface area contributed by atoms with Gasteiger partial charge in [-0.3, -0.25) is 4.55 Å². The highest BCUT2D eigenvalue weighted by Gasteiger charge is 2.19. The number of rotatable bonds is 2. The Morgan fingerprint density at radius 2 is 2.08 bits per heavy atom. The van der Waals surface area contributed by atoms with E-state index in [9.17, 15) is 8.42 Å². The van der Waals surface area contributed by atoms with E-state index in [1.165, 1.54) is 13.2 Å². The van der Waals surface area contributed by atoms with Crippen LogP contribution in [0, 0.1) is 3.57 Å². The van der Waals surface area contributed by atoms with Gasteiger partial charge in [0, 0.05) is 3.57 Å². The Balaban J connectivity index is 3.50. The summed E-state index contributed by atoms with van der Waals surface area (Å²) >= 11 is 1.82. The van der Waals surface area contributed by atoms with Crippen molar-refractivity contribution in [2.75, 3.05) is 7.11 Å². The Hall–Kier alpha value is -0.340. The third kappa shape index (κ3) is 2.32. The van der Waals surface area contributed by atoms with Crippen LogP contribution >= 0.6 is 22.6 Å². The fourth-order valence-electron chi connectivity index (χ4n) is 0.900. The number of ether oxygens (including phenoxy) is 1. The van der Waals surface area contributed by atoms with Gasteiger partial charge in [-0.1, -0.05) is 6.07 Å². The van der Waals surface area contributed by atoms with Crippen LogP contribution in [0.2, 0.25) is 0 Å². The summed E-state index contributed by atoms with van der Waals surface area (Å²) in [5.74, 6) is 0.148. The van der Waals surface area contributed by atoms with Crippen molar-refractivity contribution in [2.45, 2.75) is 4.90 Å². The normalized spacial score (nSPS) is 11.3. The average Bonchev–Trinajstić information content (AvgIpc) is 2.01. The van der Waals surface area contributed by atoms with Crippen LogP contribution in [-0.4, -0.2) is 20.1 Å². The molecule has 0 radical (unpaired) electrons. The zero-order valence-corrected chi connectivity index (χ0v) is 9.66. The highest BCUT2D eigenvalue weighted by molar-refractivity contribution is 14.1. The third-order valence-electron chi connectivity index (χ3n) is 1.41. The molecule has 0 aliphatic carbocycles. The van der Waals surface area contributed by atoms with Gasteiger partial charge in [0.05, 0.1) is 7.11 Å². The van der Waals surface area contributed by atoms with E-state index in [2.05, 4.69) is 0 Å². The molecule has 1 N–H and O–H groups in total. The number of benzene rings is 1. The van der Waals surface area contributed by atoms with Crippen molar-refractivity contribution in [2.24, 2.45) is 0 Å². The SMILES string of the molecule is COc1cccc(I)c1S(=O)(=O)O. The molecule has 1 aromatic carbocycles. The van der Waals surface area contributed by atoms with Gasteiger partial charge < -0.3 is 4.74 Å². The molecule has 0 amide bonds. The van der Waals surface area contributed by atoms with Crippen molar-refractivity contribution >= 4 is 32.7 Å². The number of hydrogen-bond donors (Lipinski definition) is 1. The number of methoxy groups -OCH3 is 1. The lowest BCUT2D eigenvalue weighted by Crippen LogP contribution is -2.03. The first-order valence-electron chi connectivity index (χ1n) is 3.27. The molecule has 13 heavy (non-hydrogen) atoms. The Morgan fingerprint density at radius 1 is 1.46 bits per heavy atom. The van der Waals surface area contributed by atoms with E-state index in [0.29, 0.717) is 3.57 Å². The fourth-order valence-corrected chi connectivity index (χ4v) is 2.93. The van der Waals surface area contributed by atoms with Crippen LogP contribution in [0.3, 0.4) is 0 Å². The minimum atomic E-state index is -4.21. The summed E-state index contributed by atoms with van der Waals surface area (Å²) in [7, 11) is -2.86. The molecular weight excluding hydrogens is 307 g/mol. The molecule has 0 aliphatic heterocycles. The quantitative estimate of drug-likeness (QED) is 0.664. The van der Waals surface area contributed by atoms with E-state index in [0.717, 1.165) is 0 Å². The molecule has 0 aromatic heterocycles. The Kier molecular flexibility index (Phi) is 3.14. The number of hydrogen-bond acceptors (Lipinski definition) is 3. The molecule has 4 nitrogen and oxygen atoms in total. The second-order valence-electron chi connectivity index (χ2n) is 2.25. The minimum absolute atomic E-state index is 0.148. The fraction of sp³-hybridized carbons (Fsp3) is 0.143. The monoisotopic (exact) mass is 314 g/mol. The van der Waals surface area contributed by atoms with Gasteiger partial charge in [0.2, 0.25) is 0 Å². The van der Waals surface area contributed by atoms with Gasteiger partial charge in [-0.2, -0.15) is 8.42 Å². The average molecular weight is 314 g/mol. The van der Waals surface area contributed by atoms with Crippen LogP contribution in [0.25, 0.3) is 0 Å². The lowest BCUT2D eigenvalue weighted by molar-refractivity contribution is 0.396. The summed E-state index contributed by atoms with van der Waals surface area (Å²) in [5.41, 5.74) is 0. The number of halogens is 1. The first kappa shape index (κ1) is 10.7. The van der Waals surface area contributed by atoms with Gasteiger partial charge in [-0.25, -0.2) is 0 Å². The van der Waals surface area contributed by atoms with Gasteiger partial charge in [0.15, 0.2) is 0 Å². The molecule has 0 saturated heterocycles. The van der Waals surface area contributed by atoms with Crippen molar-refractivity contribution < 1.29 is 17.7 Å². The van der Waals surface area contributed by atoms with Crippen LogP contribution in [0.1, 0.15) is 0 Å². The van der Waals surface area contributed by atoms with Crippen molar-refractivity contribution in [3.8, 4) is 5.75 Å². The zero-order chi connectivity index (χ0) is 10.1. The van der Waals surface area contributed by atoms with Gasteiger partial charge in [0.25, 0.3) is 10.1 Å². The summed E-state index contributed by atoms with van der Waals surface area (Å²) in [6.45, 7) is 0. The highest BCUT2D eigenvalue weighted by Crippen LogP contribution is 2.27. The summed E-state index contributed by atoms with van der Waals surface area (Å²) in [5, 5.41) is 0. The van der Waals surface area contributed by atoms with E-state index in [1.54, 1.807) is 12.1 Å². The van der Waals surface area contributed by atoms with Crippen molar-refractivity contribution in [3.05, 3.63) is 21.8 Å². The molecule has 0 saturated carbocycles. The molecule has 1 rings (SSSR count). The third-order valence-corrected chi connectivity index (χ3v) is 3.61. The second kappa shape index (κ2) is 3.81. The Bertz CT molecular complexity index is 413. The molecule has 0 unspecified atom stereocenters. The molecule has 0 aliphatic rings. The maximum Gasteiger partial charge on any atom is 0.299 e. The smallest absolute Gasteiger partial charge is 0.299 e. The predicted octanol–water partition coefficient (Wildman–Crippen LogP) is 1.55. The van der Waals surface area contributed by atoms with Crippen LogP contribution in [-0.2, 0) is 10.1 Å². The lowest BCUT2D eigenvalue weighted by Gasteiger charge is -2.06. The molecule has 0 heterocycles. The molecule has 0 atom stereocenters. The van der Waals surface area contributed by atoms with E-state index < -0.39 is 10.1 Å². The topological polar surface area (TPSA) is 63.6 Å². The van der Waals surface area contributed by atoms with Gasteiger partial charge in [-0.15, -0.1) is 0 Å². The molecule has 0 bridgehead atoms. The van der Waals surface area contributed by atoms with Crippen LogP contribution in [0.4, 0.5) is 0 Å². The maximum atomic E-state index is 10.9. The van der Waals surface area contributed by atoms with E-state index >= 15 is 0 Å². The van der Waals surface area contributed by atoms with E-state index in [1.807, 2.05) is 22.6 Å². The summed E-state index contributed by atoms with van der Waals surface area (Å²) in [6.07, 6.45) is 0.